The number of nitrogens with zero attached hydrogens (tertiary/aromatic N) is 4. The molecule has 0 saturated carbocycles. The Hall–Kier alpha value is -2.93. The van der Waals surface area contributed by atoms with Gasteiger partial charge in [-0.2, -0.15) is 4.52 Å². The average molecular weight is 392 g/mol. The smallest absolute Gasteiger partial charge is 0.234 e. The highest BCUT2D eigenvalue weighted by molar-refractivity contribution is 7.99. The minimum Gasteiger partial charge on any atom is -0.325 e. The topological polar surface area (TPSA) is 72.2 Å². The number of para-hydroxylation sites is 2. The summed E-state index contributed by atoms with van der Waals surface area (Å²) in [5, 5.41) is 9.07. The standard InChI is InChI=1S/C21H21N5OS/c1-13(2)15-8-4-6-10-17(15)23-19(27)12-28-21-24-18-11-7-5-9-16(18)20-22-14(3)25-26(20)21/h4-11,13H,12H2,1-3H3,(H,23,27). The van der Waals surface area contributed by atoms with Gasteiger partial charge in [0, 0.05) is 11.1 Å². The van der Waals surface area contributed by atoms with Crippen LogP contribution in [-0.4, -0.2) is 31.2 Å². The van der Waals surface area contributed by atoms with Crippen LogP contribution in [0.15, 0.2) is 53.7 Å². The van der Waals surface area contributed by atoms with E-state index in [-0.39, 0.29) is 11.7 Å². The van der Waals surface area contributed by atoms with Crippen molar-refractivity contribution in [3.05, 3.63) is 59.9 Å². The molecule has 4 rings (SSSR count). The van der Waals surface area contributed by atoms with Crippen LogP contribution in [0.3, 0.4) is 0 Å². The van der Waals surface area contributed by atoms with Gasteiger partial charge in [-0.25, -0.2) is 9.97 Å². The fourth-order valence-electron chi connectivity index (χ4n) is 3.16. The summed E-state index contributed by atoms with van der Waals surface area (Å²) >= 11 is 1.36. The van der Waals surface area contributed by atoms with Crippen molar-refractivity contribution in [1.29, 1.82) is 0 Å². The summed E-state index contributed by atoms with van der Waals surface area (Å²) in [4.78, 5) is 21.8. The van der Waals surface area contributed by atoms with Crippen molar-refractivity contribution in [3.8, 4) is 0 Å². The van der Waals surface area contributed by atoms with Gasteiger partial charge in [0.15, 0.2) is 10.8 Å². The fraction of sp³-hybridized carbons (Fsp3) is 0.238. The zero-order valence-electron chi connectivity index (χ0n) is 16.0. The zero-order valence-corrected chi connectivity index (χ0v) is 16.8. The van der Waals surface area contributed by atoms with E-state index in [1.54, 1.807) is 4.52 Å². The van der Waals surface area contributed by atoms with Crippen molar-refractivity contribution in [2.75, 3.05) is 11.1 Å². The third-order valence-electron chi connectivity index (χ3n) is 4.44. The predicted molar refractivity (Wildman–Crippen MR) is 113 cm³/mol. The molecular weight excluding hydrogens is 370 g/mol. The zero-order chi connectivity index (χ0) is 19.7. The Morgan fingerprint density at radius 3 is 2.68 bits per heavy atom. The molecule has 2 aromatic heterocycles. The first-order chi connectivity index (χ1) is 13.5. The maximum Gasteiger partial charge on any atom is 0.234 e. The molecule has 2 heterocycles. The molecule has 0 aliphatic carbocycles. The summed E-state index contributed by atoms with van der Waals surface area (Å²) in [6, 6.07) is 15.7. The molecule has 28 heavy (non-hydrogen) atoms. The maximum absolute atomic E-state index is 12.6. The minimum absolute atomic E-state index is 0.0713. The van der Waals surface area contributed by atoms with Gasteiger partial charge in [-0.3, -0.25) is 4.79 Å². The van der Waals surface area contributed by atoms with Gasteiger partial charge in [-0.1, -0.05) is 55.9 Å². The Kier molecular flexibility index (Phi) is 5.00. The second kappa shape index (κ2) is 7.59. The van der Waals surface area contributed by atoms with Crippen LogP contribution in [0.25, 0.3) is 16.6 Å². The highest BCUT2D eigenvalue weighted by Gasteiger charge is 2.15. The SMILES string of the molecule is Cc1nc2c3ccccc3nc(SCC(=O)Nc3ccccc3C(C)C)n2n1. The first-order valence-corrected chi connectivity index (χ1v) is 10.1. The van der Waals surface area contributed by atoms with Crippen LogP contribution in [0, 0.1) is 6.92 Å². The first kappa shape index (κ1) is 18.4. The quantitative estimate of drug-likeness (QED) is 0.402. The van der Waals surface area contributed by atoms with E-state index in [1.165, 1.54) is 11.8 Å². The molecule has 1 amide bonds. The molecule has 0 radical (unpaired) electrons. The third-order valence-corrected chi connectivity index (χ3v) is 5.37. The number of carbonyl (C=O) groups is 1. The largest absolute Gasteiger partial charge is 0.325 e. The van der Waals surface area contributed by atoms with E-state index in [0.29, 0.717) is 16.9 Å². The number of anilines is 1. The molecule has 6 nitrogen and oxygen atoms in total. The van der Waals surface area contributed by atoms with Gasteiger partial charge in [0.1, 0.15) is 5.82 Å². The van der Waals surface area contributed by atoms with Crippen LogP contribution < -0.4 is 5.32 Å². The lowest BCUT2D eigenvalue weighted by atomic mass is 10.0. The van der Waals surface area contributed by atoms with Gasteiger partial charge < -0.3 is 5.32 Å². The fourth-order valence-corrected chi connectivity index (χ4v) is 3.90. The Morgan fingerprint density at radius 1 is 1.11 bits per heavy atom. The van der Waals surface area contributed by atoms with E-state index in [1.807, 2.05) is 55.5 Å². The number of hydrogen-bond acceptors (Lipinski definition) is 5. The second-order valence-electron chi connectivity index (χ2n) is 6.88. The molecule has 0 saturated heterocycles. The van der Waals surface area contributed by atoms with Crippen LogP contribution in [-0.2, 0) is 4.79 Å². The lowest BCUT2D eigenvalue weighted by Gasteiger charge is -2.13. The van der Waals surface area contributed by atoms with Crippen molar-refractivity contribution >= 4 is 39.9 Å². The van der Waals surface area contributed by atoms with Crippen molar-refractivity contribution in [2.24, 2.45) is 0 Å². The molecule has 0 aliphatic rings. The van der Waals surface area contributed by atoms with E-state index in [9.17, 15) is 4.79 Å². The summed E-state index contributed by atoms with van der Waals surface area (Å²) in [6.07, 6.45) is 0. The average Bonchev–Trinajstić information content (AvgIpc) is 3.08. The van der Waals surface area contributed by atoms with E-state index < -0.39 is 0 Å². The molecule has 142 valence electrons. The molecule has 2 aromatic carbocycles. The second-order valence-corrected chi connectivity index (χ2v) is 7.83. The maximum atomic E-state index is 12.6. The summed E-state index contributed by atoms with van der Waals surface area (Å²) < 4.78 is 1.72. The molecular formula is C21H21N5OS. The highest BCUT2D eigenvalue weighted by Crippen LogP contribution is 2.26. The molecule has 0 atom stereocenters. The van der Waals surface area contributed by atoms with Crippen LogP contribution >= 0.6 is 11.8 Å². The monoisotopic (exact) mass is 391 g/mol. The third kappa shape index (κ3) is 3.57. The molecule has 0 spiro atoms. The lowest BCUT2D eigenvalue weighted by molar-refractivity contribution is -0.113. The van der Waals surface area contributed by atoms with Gasteiger partial charge in [-0.15, -0.1) is 5.10 Å². The highest BCUT2D eigenvalue weighted by atomic mass is 32.2. The molecule has 0 bridgehead atoms. The normalized spacial score (nSPS) is 11.4. The molecule has 4 aromatic rings. The minimum atomic E-state index is -0.0713. The number of nitrogens with one attached hydrogen (secondary N) is 1. The predicted octanol–water partition coefficient (Wildman–Crippen LogP) is 4.44. The Bertz CT molecular complexity index is 1170. The van der Waals surface area contributed by atoms with Gasteiger partial charge >= 0.3 is 0 Å². The number of thioether (sulfide) groups is 1. The van der Waals surface area contributed by atoms with Crippen molar-refractivity contribution in [3.63, 3.8) is 0 Å². The number of aromatic nitrogens is 4. The van der Waals surface area contributed by atoms with Crippen molar-refractivity contribution in [1.82, 2.24) is 19.6 Å². The summed E-state index contributed by atoms with van der Waals surface area (Å²) in [6.45, 7) is 6.08. The van der Waals surface area contributed by atoms with Crippen molar-refractivity contribution in [2.45, 2.75) is 31.8 Å². The number of amides is 1. The number of fused-ring (bicyclic) bond motifs is 3. The van der Waals surface area contributed by atoms with Gasteiger partial charge in [0.25, 0.3) is 0 Å². The van der Waals surface area contributed by atoms with Gasteiger partial charge in [0.05, 0.1) is 11.3 Å². The molecule has 1 N–H and O–H groups in total. The van der Waals surface area contributed by atoms with E-state index in [2.05, 4.69) is 34.2 Å². The molecule has 0 aliphatic heterocycles. The molecule has 0 unspecified atom stereocenters. The van der Waals surface area contributed by atoms with E-state index in [0.717, 1.165) is 27.8 Å². The number of aryl methyl sites for hydroxylation is 1. The summed E-state index contributed by atoms with van der Waals surface area (Å²) in [7, 11) is 0. The van der Waals surface area contributed by atoms with Crippen molar-refractivity contribution < 1.29 is 4.79 Å². The van der Waals surface area contributed by atoms with Gasteiger partial charge in [0.2, 0.25) is 5.91 Å². The van der Waals surface area contributed by atoms with E-state index >= 15 is 0 Å². The Morgan fingerprint density at radius 2 is 1.86 bits per heavy atom. The van der Waals surface area contributed by atoms with Crippen LogP contribution in [0.4, 0.5) is 5.69 Å². The number of rotatable bonds is 5. The Balaban J connectivity index is 1.58. The Labute approximate surface area is 167 Å². The molecule has 7 heteroatoms. The lowest BCUT2D eigenvalue weighted by Crippen LogP contribution is -2.16. The summed E-state index contributed by atoms with van der Waals surface area (Å²) in [5.74, 6) is 1.18. The van der Waals surface area contributed by atoms with Crippen LogP contribution in [0.5, 0.6) is 0 Å². The number of hydrogen-bond donors (Lipinski definition) is 1. The number of benzene rings is 2. The first-order valence-electron chi connectivity index (χ1n) is 9.16. The summed E-state index contributed by atoms with van der Waals surface area (Å²) in [5.41, 5.74) is 3.59. The number of carbonyl (C=O) groups excluding carboxylic acids is 1. The van der Waals surface area contributed by atoms with Crippen LogP contribution in [0.1, 0.15) is 31.2 Å². The van der Waals surface area contributed by atoms with Crippen LogP contribution in [0.2, 0.25) is 0 Å². The van der Waals surface area contributed by atoms with Gasteiger partial charge in [-0.05, 0) is 36.6 Å². The van der Waals surface area contributed by atoms with E-state index in [4.69, 9.17) is 0 Å². The molecule has 0 fully saturated rings.